The van der Waals surface area contributed by atoms with Gasteiger partial charge in [0.05, 0.1) is 18.8 Å². The molecule has 0 fully saturated rings. The van der Waals surface area contributed by atoms with Crippen molar-refractivity contribution < 1.29 is 15.0 Å². The summed E-state index contributed by atoms with van der Waals surface area (Å²) in [7, 11) is 0. The van der Waals surface area contributed by atoms with E-state index in [4.69, 9.17) is 0 Å². The molecule has 0 heterocycles. The lowest BCUT2D eigenvalue weighted by atomic mass is 10.0. The Bertz CT molecular complexity index is 583. The highest BCUT2D eigenvalue weighted by Gasteiger charge is 2.19. The molecule has 1 amide bonds. The zero-order valence-corrected chi connectivity index (χ0v) is 31.6. The number of nitrogens with one attached hydrogen (secondary N) is 1. The van der Waals surface area contributed by atoms with Crippen LogP contribution in [-0.4, -0.2) is 34.9 Å². The molecule has 2 atom stereocenters. The predicted molar refractivity (Wildman–Crippen MR) is 203 cm³/mol. The van der Waals surface area contributed by atoms with E-state index in [1.54, 1.807) is 0 Å². The molecule has 0 aliphatic rings. The molecule has 3 N–H and O–H groups in total. The Labute approximate surface area is 289 Å². The lowest BCUT2D eigenvalue weighted by Gasteiger charge is -2.22. The van der Waals surface area contributed by atoms with Crippen molar-refractivity contribution in [1.29, 1.82) is 0 Å². The second-order valence-corrected chi connectivity index (χ2v) is 14.8. The first-order valence-electron chi connectivity index (χ1n) is 21.2. The Morgan fingerprint density at radius 3 is 0.978 bits per heavy atom. The summed E-state index contributed by atoms with van der Waals surface area (Å²) >= 11 is 0. The molecule has 4 heteroatoms. The fourth-order valence-corrected chi connectivity index (χ4v) is 6.83. The van der Waals surface area contributed by atoms with Crippen LogP contribution in [0.3, 0.4) is 0 Å². The molecule has 0 bridgehead atoms. The summed E-state index contributed by atoms with van der Waals surface area (Å²) < 4.78 is 0. The topological polar surface area (TPSA) is 69.6 Å². The van der Waals surface area contributed by atoms with Gasteiger partial charge in [-0.25, -0.2) is 0 Å². The fraction of sp³-hybridized carbons (Fsp3) is 0.976. The van der Waals surface area contributed by atoms with E-state index in [0.717, 1.165) is 32.1 Å². The molecule has 46 heavy (non-hydrogen) atoms. The number of hydrogen-bond donors (Lipinski definition) is 3. The molecule has 0 saturated carbocycles. The smallest absolute Gasteiger partial charge is 0.220 e. The SMILES string of the molecule is CCCCCCCCCCCCCCCCCCCCCCCCCCCCCCCCCC(O)C(CO)NC(=O)CCCCC. The molecule has 0 aliphatic heterocycles. The van der Waals surface area contributed by atoms with E-state index in [1.807, 2.05) is 0 Å². The van der Waals surface area contributed by atoms with Crippen LogP contribution < -0.4 is 5.32 Å². The molecule has 2 unspecified atom stereocenters. The molecule has 0 aromatic rings. The van der Waals surface area contributed by atoms with Gasteiger partial charge in [0.1, 0.15) is 0 Å². The Morgan fingerprint density at radius 2 is 0.696 bits per heavy atom. The molecular formula is C42H85NO3. The van der Waals surface area contributed by atoms with Gasteiger partial charge in [0.25, 0.3) is 0 Å². The summed E-state index contributed by atoms with van der Waals surface area (Å²) in [6.45, 7) is 4.22. The monoisotopic (exact) mass is 652 g/mol. The van der Waals surface area contributed by atoms with E-state index in [-0.39, 0.29) is 12.5 Å². The summed E-state index contributed by atoms with van der Waals surface area (Å²) in [6.07, 6.45) is 47.0. The number of unbranched alkanes of at least 4 members (excludes halogenated alkanes) is 32. The molecule has 0 saturated heterocycles. The second kappa shape index (κ2) is 38.8. The first-order chi connectivity index (χ1) is 22.7. The van der Waals surface area contributed by atoms with Crippen LogP contribution >= 0.6 is 0 Å². The molecular weight excluding hydrogens is 566 g/mol. The van der Waals surface area contributed by atoms with Crippen molar-refractivity contribution in [2.24, 2.45) is 0 Å². The summed E-state index contributed by atoms with van der Waals surface area (Å²) in [5.74, 6) is -0.0533. The molecule has 0 rings (SSSR count). The van der Waals surface area contributed by atoms with Gasteiger partial charge in [0, 0.05) is 6.42 Å². The van der Waals surface area contributed by atoms with Gasteiger partial charge in [-0.3, -0.25) is 4.79 Å². The standard InChI is InChI=1S/C42H85NO3/c1-3-5-7-8-9-10-11-12-13-14-15-16-17-18-19-20-21-22-23-24-25-26-27-28-29-30-31-32-33-34-36-37-41(45)40(39-44)43-42(46)38-35-6-4-2/h40-41,44-45H,3-39H2,1-2H3,(H,43,46). The van der Waals surface area contributed by atoms with Crippen molar-refractivity contribution in [1.82, 2.24) is 5.32 Å². The first kappa shape index (κ1) is 45.4. The third-order valence-corrected chi connectivity index (χ3v) is 10.1. The van der Waals surface area contributed by atoms with Crippen molar-refractivity contribution in [3.63, 3.8) is 0 Å². The summed E-state index contributed by atoms with van der Waals surface area (Å²) in [6, 6.07) is -0.525. The van der Waals surface area contributed by atoms with E-state index < -0.39 is 12.1 Å². The Morgan fingerprint density at radius 1 is 0.435 bits per heavy atom. The largest absolute Gasteiger partial charge is 0.394 e. The number of carbonyl (C=O) groups is 1. The van der Waals surface area contributed by atoms with E-state index in [1.165, 1.54) is 186 Å². The van der Waals surface area contributed by atoms with Gasteiger partial charge in [-0.2, -0.15) is 0 Å². The minimum absolute atomic E-state index is 0.0533. The molecule has 0 aromatic carbocycles. The fourth-order valence-electron chi connectivity index (χ4n) is 6.83. The van der Waals surface area contributed by atoms with E-state index in [0.29, 0.717) is 12.8 Å². The van der Waals surface area contributed by atoms with Crippen LogP contribution in [0.4, 0.5) is 0 Å². The van der Waals surface area contributed by atoms with Crippen LogP contribution in [0.2, 0.25) is 0 Å². The van der Waals surface area contributed by atoms with Gasteiger partial charge < -0.3 is 15.5 Å². The van der Waals surface area contributed by atoms with Crippen LogP contribution in [-0.2, 0) is 4.79 Å². The molecule has 0 spiro atoms. The van der Waals surface area contributed by atoms with Crippen LogP contribution in [0.15, 0.2) is 0 Å². The van der Waals surface area contributed by atoms with Crippen molar-refractivity contribution in [3.8, 4) is 0 Å². The lowest BCUT2D eigenvalue weighted by molar-refractivity contribution is -0.123. The van der Waals surface area contributed by atoms with Crippen LogP contribution in [0.25, 0.3) is 0 Å². The zero-order valence-electron chi connectivity index (χ0n) is 31.6. The average molecular weight is 652 g/mol. The van der Waals surface area contributed by atoms with Gasteiger partial charge in [-0.05, 0) is 12.8 Å². The lowest BCUT2D eigenvalue weighted by Crippen LogP contribution is -2.45. The van der Waals surface area contributed by atoms with Gasteiger partial charge in [-0.15, -0.1) is 0 Å². The quantitative estimate of drug-likeness (QED) is 0.0579. The van der Waals surface area contributed by atoms with Gasteiger partial charge in [-0.1, -0.05) is 226 Å². The van der Waals surface area contributed by atoms with E-state index in [9.17, 15) is 15.0 Å². The van der Waals surface area contributed by atoms with E-state index in [2.05, 4.69) is 19.2 Å². The molecule has 0 radical (unpaired) electrons. The van der Waals surface area contributed by atoms with Crippen molar-refractivity contribution >= 4 is 5.91 Å². The van der Waals surface area contributed by atoms with Crippen LogP contribution in [0.5, 0.6) is 0 Å². The maximum atomic E-state index is 12.0. The first-order valence-corrected chi connectivity index (χ1v) is 21.2. The summed E-state index contributed by atoms with van der Waals surface area (Å²) in [5, 5.41) is 22.7. The Hall–Kier alpha value is -0.610. The number of hydrogen-bond acceptors (Lipinski definition) is 3. The highest BCUT2D eigenvalue weighted by molar-refractivity contribution is 5.76. The highest BCUT2D eigenvalue weighted by atomic mass is 16.3. The van der Waals surface area contributed by atoms with E-state index >= 15 is 0 Å². The van der Waals surface area contributed by atoms with Crippen molar-refractivity contribution in [2.75, 3.05) is 6.61 Å². The molecule has 0 aromatic heterocycles. The maximum Gasteiger partial charge on any atom is 0.220 e. The third-order valence-electron chi connectivity index (χ3n) is 10.1. The van der Waals surface area contributed by atoms with Crippen molar-refractivity contribution in [3.05, 3.63) is 0 Å². The molecule has 0 aliphatic carbocycles. The zero-order chi connectivity index (χ0) is 33.6. The predicted octanol–water partition coefficient (Wildman–Crippen LogP) is 12.9. The Kier molecular flexibility index (Phi) is 38.3. The number of amides is 1. The number of rotatable bonds is 39. The van der Waals surface area contributed by atoms with Crippen LogP contribution in [0.1, 0.15) is 245 Å². The number of aliphatic hydroxyl groups excluding tert-OH is 2. The maximum absolute atomic E-state index is 12.0. The van der Waals surface area contributed by atoms with Crippen molar-refractivity contribution in [2.45, 2.75) is 257 Å². The number of aliphatic hydroxyl groups is 2. The molecule has 276 valence electrons. The van der Waals surface area contributed by atoms with Gasteiger partial charge >= 0.3 is 0 Å². The normalized spacial score (nSPS) is 12.9. The van der Waals surface area contributed by atoms with Crippen LogP contribution in [0, 0.1) is 0 Å². The highest BCUT2D eigenvalue weighted by Crippen LogP contribution is 2.17. The average Bonchev–Trinajstić information content (AvgIpc) is 3.06. The van der Waals surface area contributed by atoms with Gasteiger partial charge in [0.15, 0.2) is 0 Å². The Balaban J connectivity index is 3.25. The summed E-state index contributed by atoms with van der Waals surface area (Å²) in [4.78, 5) is 12.0. The summed E-state index contributed by atoms with van der Waals surface area (Å²) in [5.41, 5.74) is 0. The minimum atomic E-state index is -0.649. The second-order valence-electron chi connectivity index (χ2n) is 14.8. The molecule has 4 nitrogen and oxygen atoms in total. The number of carbonyl (C=O) groups excluding carboxylic acids is 1. The third kappa shape index (κ3) is 34.7. The van der Waals surface area contributed by atoms with Gasteiger partial charge in [0.2, 0.25) is 5.91 Å². The minimum Gasteiger partial charge on any atom is -0.394 e.